The van der Waals surface area contributed by atoms with Crippen molar-refractivity contribution in [3.63, 3.8) is 0 Å². The molecule has 1 aromatic carbocycles. The second kappa shape index (κ2) is 7.03. The molecule has 0 unspecified atom stereocenters. The summed E-state index contributed by atoms with van der Waals surface area (Å²) in [6.45, 7) is 0.353. The van der Waals surface area contributed by atoms with Gasteiger partial charge in [0.15, 0.2) is 0 Å². The molecule has 1 aliphatic carbocycles. The number of rotatable bonds is 6. The predicted molar refractivity (Wildman–Crippen MR) is 73.5 cm³/mol. The third-order valence-corrected chi connectivity index (χ3v) is 3.57. The van der Waals surface area contributed by atoms with Gasteiger partial charge in [0.05, 0.1) is 6.54 Å². The van der Waals surface area contributed by atoms with Gasteiger partial charge in [-0.1, -0.05) is 24.6 Å². The SMILES string of the molecule is O=C(CNC(=O)C1CCC1)NCCc1ccccc1F. The minimum absolute atomic E-state index is 0.00734. The van der Waals surface area contributed by atoms with Crippen LogP contribution in [0.1, 0.15) is 24.8 Å². The molecule has 0 radical (unpaired) electrons. The Balaban J connectivity index is 1.62. The van der Waals surface area contributed by atoms with Gasteiger partial charge in [-0.2, -0.15) is 0 Å². The average molecular weight is 278 g/mol. The lowest BCUT2D eigenvalue weighted by Crippen LogP contribution is -2.41. The average Bonchev–Trinajstić information content (AvgIpc) is 2.37. The highest BCUT2D eigenvalue weighted by Crippen LogP contribution is 2.25. The Morgan fingerprint density at radius 3 is 2.60 bits per heavy atom. The van der Waals surface area contributed by atoms with Crippen molar-refractivity contribution in [3.8, 4) is 0 Å². The summed E-state index contributed by atoms with van der Waals surface area (Å²) in [6.07, 6.45) is 3.36. The van der Waals surface area contributed by atoms with E-state index in [9.17, 15) is 14.0 Å². The summed E-state index contributed by atoms with van der Waals surface area (Å²) in [7, 11) is 0. The van der Waals surface area contributed by atoms with Crippen LogP contribution >= 0.6 is 0 Å². The van der Waals surface area contributed by atoms with Gasteiger partial charge < -0.3 is 10.6 Å². The number of nitrogens with one attached hydrogen (secondary N) is 2. The lowest BCUT2D eigenvalue weighted by Gasteiger charge is -2.23. The third kappa shape index (κ3) is 4.05. The molecular weight excluding hydrogens is 259 g/mol. The van der Waals surface area contributed by atoms with Crippen LogP contribution < -0.4 is 10.6 Å². The fourth-order valence-corrected chi connectivity index (χ4v) is 2.08. The molecule has 20 heavy (non-hydrogen) atoms. The molecule has 0 spiro atoms. The van der Waals surface area contributed by atoms with Crippen molar-refractivity contribution in [1.29, 1.82) is 0 Å². The maximum absolute atomic E-state index is 13.3. The highest BCUT2D eigenvalue weighted by molar-refractivity contribution is 5.86. The molecule has 0 heterocycles. The summed E-state index contributed by atoms with van der Waals surface area (Å²) in [4.78, 5) is 23.1. The molecule has 2 amide bonds. The van der Waals surface area contributed by atoms with Gasteiger partial charge in [-0.15, -0.1) is 0 Å². The molecule has 0 saturated heterocycles. The van der Waals surface area contributed by atoms with Crippen LogP contribution in [0.2, 0.25) is 0 Å². The van der Waals surface area contributed by atoms with Crippen molar-refractivity contribution < 1.29 is 14.0 Å². The van der Waals surface area contributed by atoms with Gasteiger partial charge in [-0.25, -0.2) is 4.39 Å². The van der Waals surface area contributed by atoms with Crippen LogP contribution in [0.25, 0.3) is 0 Å². The molecule has 4 nitrogen and oxygen atoms in total. The summed E-state index contributed by atoms with van der Waals surface area (Å²) in [5.74, 6) is -0.462. The van der Waals surface area contributed by atoms with Crippen LogP contribution in [-0.2, 0) is 16.0 Å². The van der Waals surface area contributed by atoms with Crippen molar-refractivity contribution in [2.45, 2.75) is 25.7 Å². The highest BCUT2D eigenvalue weighted by Gasteiger charge is 2.25. The van der Waals surface area contributed by atoms with Gasteiger partial charge in [0.2, 0.25) is 11.8 Å². The Labute approximate surface area is 117 Å². The van der Waals surface area contributed by atoms with Crippen LogP contribution in [0.3, 0.4) is 0 Å². The fourth-order valence-electron chi connectivity index (χ4n) is 2.08. The van der Waals surface area contributed by atoms with Crippen LogP contribution in [0.5, 0.6) is 0 Å². The van der Waals surface area contributed by atoms with Crippen molar-refractivity contribution in [3.05, 3.63) is 35.6 Å². The maximum Gasteiger partial charge on any atom is 0.239 e. The van der Waals surface area contributed by atoms with Gasteiger partial charge in [-0.3, -0.25) is 9.59 Å². The summed E-state index contributed by atoms with van der Waals surface area (Å²) < 4.78 is 13.3. The maximum atomic E-state index is 13.3. The van der Waals surface area contributed by atoms with E-state index in [1.165, 1.54) is 6.07 Å². The minimum Gasteiger partial charge on any atom is -0.354 e. The van der Waals surface area contributed by atoms with E-state index in [2.05, 4.69) is 10.6 Å². The van der Waals surface area contributed by atoms with Gasteiger partial charge in [0.25, 0.3) is 0 Å². The first kappa shape index (κ1) is 14.5. The molecule has 108 valence electrons. The monoisotopic (exact) mass is 278 g/mol. The van der Waals surface area contributed by atoms with Gasteiger partial charge in [0.1, 0.15) is 5.82 Å². The van der Waals surface area contributed by atoms with E-state index in [4.69, 9.17) is 0 Å². The summed E-state index contributed by atoms with van der Waals surface area (Å²) in [5.41, 5.74) is 0.575. The van der Waals surface area contributed by atoms with E-state index in [1.54, 1.807) is 18.2 Å². The zero-order valence-electron chi connectivity index (χ0n) is 11.3. The van der Waals surface area contributed by atoms with Gasteiger partial charge in [-0.05, 0) is 30.9 Å². The standard InChI is InChI=1S/C15H19FN2O2/c16-13-7-2-1-4-11(13)8-9-17-14(19)10-18-15(20)12-5-3-6-12/h1-2,4,7,12H,3,5-6,8-10H2,(H,17,19)(H,18,20). The summed E-state index contributed by atoms with van der Waals surface area (Å²) >= 11 is 0. The molecule has 1 aromatic rings. The van der Waals surface area contributed by atoms with E-state index in [0.717, 1.165) is 19.3 Å². The van der Waals surface area contributed by atoms with E-state index in [1.807, 2.05) is 0 Å². The zero-order valence-corrected chi connectivity index (χ0v) is 11.3. The predicted octanol–water partition coefficient (Wildman–Crippen LogP) is 1.40. The Morgan fingerprint density at radius 1 is 1.20 bits per heavy atom. The quantitative estimate of drug-likeness (QED) is 0.826. The van der Waals surface area contributed by atoms with Crippen molar-refractivity contribution in [1.82, 2.24) is 10.6 Å². The Kier molecular flexibility index (Phi) is 5.09. The second-order valence-electron chi connectivity index (χ2n) is 5.04. The van der Waals surface area contributed by atoms with Crippen molar-refractivity contribution in [2.75, 3.05) is 13.1 Å². The fraction of sp³-hybridized carbons (Fsp3) is 0.467. The van der Waals surface area contributed by atoms with E-state index in [0.29, 0.717) is 18.5 Å². The molecule has 0 atom stereocenters. The Bertz CT molecular complexity index is 487. The molecular formula is C15H19FN2O2. The lowest BCUT2D eigenvalue weighted by molar-refractivity contribution is -0.130. The molecule has 1 fully saturated rings. The number of hydrogen-bond donors (Lipinski definition) is 2. The first-order valence-electron chi connectivity index (χ1n) is 6.94. The molecule has 0 aromatic heterocycles. The Hall–Kier alpha value is -1.91. The first-order chi connectivity index (χ1) is 9.66. The smallest absolute Gasteiger partial charge is 0.239 e. The summed E-state index contributed by atoms with van der Waals surface area (Å²) in [5, 5.41) is 5.29. The summed E-state index contributed by atoms with van der Waals surface area (Å²) in [6, 6.07) is 6.49. The lowest BCUT2D eigenvalue weighted by atomic mass is 9.85. The van der Waals surface area contributed by atoms with Crippen LogP contribution in [0, 0.1) is 11.7 Å². The zero-order chi connectivity index (χ0) is 14.4. The van der Waals surface area contributed by atoms with Crippen molar-refractivity contribution in [2.24, 2.45) is 5.92 Å². The second-order valence-corrected chi connectivity index (χ2v) is 5.04. The van der Waals surface area contributed by atoms with Gasteiger partial charge in [0, 0.05) is 12.5 Å². The molecule has 0 aliphatic heterocycles. The van der Waals surface area contributed by atoms with E-state index in [-0.39, 0.29) is 30.1 Å². The van der Waals surface area contributed by atoms with E-state index >= 15 is 0 Å². The number of benzene rings is 1. The van der Waals surface area contributed by atoms with E-state index < -0.39 is 0 Å². The molecule has 1 saturated carbocycles. The first-order valence-corrected chi connectivity index (χ1v) is 6.94. The van der Waals surface area contributed by atoms with Crippen LogP contribution in [0.15, 0.2) is 24.3 Å². The molecule has 2 N–H and O–H groups in total. The number of halogens is 1. The minimum atomic E-state index is -0.264. The number of amides is 2. The number of hydrogen-bond acceptors (Lipinski definition) is 2. The van der Waals surface area contributed by atoms with Crippen LogP contribution in [0.4, 0.5) is 4.39 Å². The molecule has 5 heteroatoms. The number of carbonyl (C=O) groups excluding carboxylic acids is 2. The van der Waals surface area contributed by atoms with Crippen LogP contribution in [-0.4, -0.2) is 24.9 Å². The highest BCUT2D eigenvalue weighted by atomic mass is 19.1. The normalized spacial score (nSPS) is 14.4. The topological polar surface area (TPSA) is 58.2 Å². The Morgan fingerprint density at radius 2 is 1.95 bits per heavy atom. The molecule has 2 rings (SSSR count). The molecule has 0 bridgehead atoms. The third-order valence-electron chi connectivity index (χ3n) is 3.57. The molecule has 1 aliphatic rings. The van der Waals surface area contributed by atoms with Crippen molar-refractivity contribution >= 4 is 11.8 Å². The largest absolute Gasteiger partial charge is 0.354 e. The number of carbonyl (C=O) groups is 2. The van der Waals surface area contributed by atoms with Gasteiger partial charge >= 0.3 is 0 Å².